The van der Waals surface area contributed by atoms with Crippen LogP contribution in [0.1, 0.15) is 10.4 Å². The standard InChI is InChI=1S/C17H23N5OS/c1-14-4-11-24-15(14)12-20(2)16(23)13-21-7-9-22(10-8-21)17-18-5-3-6-19-17/h3-6,11H,7-10,12-13H2,1-2H3. The fourth-order valence-corrected chi connectivity index (χ4v) is 3.70. The zero-order valence-electron chi connectivity index (χ0n) is 14.2. The predicted molar refractivity (Wildman–Crippen MR) is 96.2 cm³/mol. The summed E-state index contributed by atoms with van der Waals surface area (Å²) in [5.41, 5.74) is 1.26. The normalized spacial score (nSPS) is 15.5. The maximum Gasteiger partial charge on any atom is 0.236 e. The smallest absolute Gasteiger partial charge is 0.236 e. The molecule has 0 aliphatic carbocycles. The van der Waals surface area contributed by atoms with E-state index in [1.54, 1.807) is 23.7 Å². The number of anilines is 1. The molecule has 6 nitrogen and oxygen atoms in total. The molecule has 128 valence electrons. The van der Waals surface area contributed by atoms with Gasteiger partial charge in [0.15, 0.2) is 0 Å². The van der Waals surface area contributed by atoms with Crippen LogP contribution >= 0.6 is 11.3 Å². The van der Waals surface area contributed by atoms with E-state index in [1.807, 2.05) is 18.0 Å². The lowest BCUT2D eigenvalue weighted by Crippen LogP contribution is -2.50. The van der Waals surface area contributed by atoms with Gasteiger partial charge in [0.1, 0.15) is 0 Å². The topological polar surface area (TPSA) is 52.6 Å². The van der Waals surface area contributed by atoms with Crippen LogP contribution in [0.25, 0.3) is 0 Å². The molecular formula is C17H23N5OS. The van der Waals surface area contributed by atoms with Gasteiger partial charge in [-0.3, -0.25) is 9.69 Å². The van der Waals surface area contributed by atoms with Crippen molar-refractivity contribution in [2.45, 2.75) is 13.5 Å². The summed E-state index contributed by atoms with van der Waals surface area (Å²) in [4.78, 5) is 28.5. The van der Waals surface area contributed by atoms with Crippen LogP contribution in [0.15, 0.2) is 29.9 Å². The fraction of sp³-hybridized carbons (Fsp3) is 0.471. The second-order valence-corrected chi connectivity index (χ2v) is 7.09. The second-order valence-electron chi connectivity index (χ2n) is 6.09. The molecule has 1 fully saturated rings. The molecule has 3 rings (SSSR count). The number of rotatable bonds is 5. The molecule has 0 aromatic carbocycles. The Kier molecular flexibility index (Phi) is 5.42. The number of thiophene rings is 1. The number of amides is 1. The van der Waals surface area contributed by atoms with Crippen molar-refractivity contribution in [2.24, 2.45) is 0 Å². The molecule has 2 aromatic heterocycles. The molecule has 1 saturated heterocycles. The molecule has 0 N–H and O–H groups in total. The van der Waals surface area contributed by atoms with Crippen LogP contribution in [0, 0.1) is 6.92 Å². The molecule has 0 unspecified atom stereocenters. The second kappa shape index (κ2) is 7.72. The minimum absolute atomic E-state index is 0.173. The first-order valence-electron chi connectivity index (χ1n) is 8.15. The van der Waals surface area contributed by atoms with E-state index < -0.39 is 0 Å². The SMILES string of the molecule is Cc1ccsc1CN(C)C(=O)CN1CCN(c2ncccn2)CC1. The van der Waals surface area contributed by atoms with Crippen molar-refractivity contribution in [3.63, 3.8) is 0 Å². The molecule has 7 heteroatoms. The van der Waals surface area contributed by atoms with Gasteiger partial charge >= 0.3 is 0 Å². The first-order valence-corrected chi connectivity index (χ1v) is 9.02. The number of carbonyl (C=O) groups is 1. The van der Waals surface area contributed by atoms with Crippen molar-refractivity contribution >= 4 is 23.2 Å². The van der Waals surface area contributed by atoms with E-state index in [-0.39, 0.29) is 5.91 Å². The Bertz CT molecular complexity index is 667. The molecule has 0 saturated carbocycles. The van der Waals surface area contributed by atoms with Gasteiger partial charge in [0.25, 0.3) is 0 Å². The minimum Gasteiger partial charge on any atom is -0.339 e. The highest BCUT2D eigenvalue weighted by molar-refractivity contribution is 7.10. The quantitative estimate of drug-likeness (QED) is 0.824. The van der Waals surface area contributed by atoms with Crippen LogP contribution in [0.3, 0.4) is 0 Å². The van der Waals surface area contributed by atoms with E-state index in [1.165, 1.54) is 10.4 Å². The van der Waals surface area contributed by atoms with Crippen molar-refractivity contribution in [3.8, 4) is 0 Å². The monoisotopic (exact) mass is 345 g/mol. The maximum atomic E-state index is 12.5. The van der Waals surface area contributed by atoms with Gasteiger partial charge in [0.2, 0.25) is 11.9 Å². The number of hydrogen-bond acceptors (Lipinski definition) is 6. The summed E-state index contributed by atoms with van der Waals surface area (Å²) in [5, 5.41) is 2.08. The zero-order chi connectivity index (χ0) is 16.9. The zero-order valence-corrected chi connectivity index (χ0v) is 15.0. The van der Waals surface area contributed by atoms with Gasteiger partial charge in [0, 0.05) is 50.5 Å². The van der Waals surface area contributed by atoms with Crippen molar-refractivity contribution in [1.29, 1.82) is 0 Å². The van der Waals surface area contributed by atoms with Crippen LogP contribution in [-0.2, 0) is 11.3 Å². The summed E-state index contributed by atoms with van der Waals surface area (Å²) >= 11 is 1.71. The Balaban J connectivity index is 1.47. The molecule has 0 atom stereocenters. The molecule has 24 heavy (non-hydrogen) atoms. The number of piperazine rings is 1. The average Bonchev–Trinajstić information content (AvgIpc) is 3.01. The van der Waals surface area contributed by atoms with Gasteiger partial charge in [0.05, 0.1) is 13.1 Å². The van der Waals surface area contributed by atoms with Gasteiger partial charge in [-0.2, -0.15) is 0 Å². The van der Waals surface area contributed by atoms with Crippen LogP contribution < -0.4 is 4.90 Å². The van der Waals surface area contributed by atoms with E-state index in [4.69, 9.17) is 0 Å². The van der Waals surface area contributed by atoms with Crippen LogP contribution in [0.4, 0.5) is 5.95 Å². The number of likely N-dealkylation sites (N-methyl/N-ethyl adjacent to an activating group) is 1. The number of aryl methyl sites for hydroxylation is 1. The van der Waals surface area contributed by atoms with Crippen molar-refractivity contribution in [1.82, 2.24) is 19.8 Å². The van der Waals surface area contributed by atoms with Crippen LogP contribution in [0.2, 0.25) is 0 Å². The summed E-state index contributed by atoms with van der Waals surface area (Å²) < 4.78 is 0. The number of nitrogens with zero attached hydrogens (tertiary/aromatic N) is 5. The molecule has 0 radical (unpaired) electrons. The van der Waals surface area contributed by atoms with E-state index in [9.17, 15) is 4.79 Å². The van der Waals surface area contributed by atoms with Crippen molar-refractivity contribution < 1.29 is 4.79 Å². The first-order chi connectivity index (χ1) is 11.6. The average molecular weight is 345 g/mol. The van der Waals surface area contributed by atoms with Gasteiger partial charge in [-0.15, -0.1) is 11.3 Å². The van der Waals surface area contributed by atoms with Gasteiger partial charge in [-0.25, -0.2) is 9.97 Å². The molecule has 3 heterocycles. The maximum absolute atomic E-state index is 12.5. The Hall–Kier alpha value is -1.99. The van der Waals surface area contributed by atoms with Gasteiger partial charge in [-0.05, 0) is 30.0 Å². The highest BCUT2D eigenvalue weighted by Gasteiger charge is 2.22. The van der Waals surface area contributed by atoms with Gasteiger partial charge < -0.3 is 9.80 Å². The van der Waals surface area contributed by atoms with E-state index in [0.717, 1.165) is 32.1 Å². The Labute approximate surface area is 146 Å². The van der Waals surface area contributed by atoms with Gasteiger partial charge in [-0.1, -0.05) is 0 Å². The van der Waals surface area contributed by atoms with E-state index in [2.05, 4.69) is 38.1 Å². The number of aromatic nitrogens is 2. The van der Waals surface area contributed by atoms with Crippen LogP contribution in [0.5, 0.6) is 0 Å². The summed E-state index contributed by atoms with van der Waals surface area (Å²) in [5.74, 6) is 0.945. The molecule has 2 aromatic rings. The largest absolute Gasteiger partial charge is 0.339 e. The number of hydrogen-bond donors (Lipinski definition) is 0. The fourth-order valence-electron chi connectivity index (χ4n) is 2.74. The van der Waals surface area contributed by atoms with E-state index in [0.29, 0.717) is 13.1 Å². The summed E-state index contributed by atoms with van der Waals surface area (Å²) in [6.45, 7) is 6.68. The van der Waals surface area contributed by atoms with Crippen LogP contribution in [-0.4, -0.2) is 65.4 Å². The Morgan fingerprint density at radius 2 is 1.96 bits per heavy atom. The minimum atomic E-state index is 0.173. The highest BCUT2D eigenvalue weighted by atomic mass is 32.1. The Morgan fingerprint density at radius 1 is 1.25 bits per heavy atom. The molecular weight excluding hydrogens is 322 g/mol. The van der Waals surface area contributed by atoms with Crippen molar-refractivity contribution in [3.05, 3.63) is 40.3 Å². The van der Waals surface area contributed by atoms with E-state index >= 15 is 0 Å². The Morgan fingerprint density at radius 3 is 2.58 bits per heavy atom. The molecule has 0 bridgehead atoms. The molecule has 1 aliphatic rings. The lowest BCUT2D eigenvalue weighted by Gasteiger charge is -2.34. The first kappa shape index (κ1) is 16.9. The van der Waals surface area contributed by atoms with Crippen molar-refractivity contribution in [2.75, 3.05) is 44.7 Å². The third-order valence-electron chi connectivity index (χ3n) is 4.34. The highest BCUT2D eigenvalue weighted by Crippen LogP contribution is 2.17. The molecule has 1 aliphatic heterocycles. The third-order valence-corrected chi connectivity index (χ3v) is 5.35. The molecule has 1 amide bonds. The summed E-state index contributed by atoms with van der Waals surface area (Å²) in [6.07, 6.45) is 3.53. The summed E-state index contributed by atoms with van der Waals surface area (Å²) in [7, 11) is 1.88. The summed E-state index contributed by atoms with van der Waals surface area (Å²) in [6, 6.07) is 3.92. The third kappa shape index (κ3) is 4.10. The molecule has 0 spiro atoms. The lowest BCUT2D eigenvalue weighted by atomic mass is 10.2. The lowest BCUT2D eigenvalue weighted by molar-refractivity contribution is -0.131. The predicted octanol–water partition coefficient (Wildman–Crippen LogP) is 1.63. The number of carbonyl (C=O) groups excluding carboxylic acids is 1.